The largest absolute Gasteiger partial charge is 0.310 e. The van der Waals surface area contributed by atoms with Crippen LogP contribution in [0.3, 0.4) is 0 Å². The Morgan fingerprint density at radius 3 is 1.82 bits per heavy atom. The number of hydrogen-bond donors (Lipinski definition) is 0. The fourth-order valence-electron chi connectivity index (χ4n) is 6.89. The van der Waals surface area contributed by atoms with E-state index < -0.39 is 0 Å². The Morgan fingerprint density at radius 2 is 1.16 bits per heavy atom. The van der Waals surface area contributed by atoms with Gasteiger partial charge in [0, 0.05) is 33.6 Å². The first-order valence-electron chi connectivity index (χ1n) is 16.9. The molecule has 2 amide bonds. The molecule has 0 saturated heterocycles. The lowest BCUT2D eigenvalue weighted by molar-refractivity contribution is 0.0893. The molecule has 4 heteroatoms. The van der Waals surface area contributed by atoms with Gasteiger partial charge in [-0.25, -0.2) is 4.90 Å². The van der Waals surface area contributed by atoms with E-state index in [0.29, 0.717) is 22.2 Å². The van der Waals surface area contributed by atoms with Gasteiger partial charge in [0.15, 0.2) is 0 Å². The van der Waals surface area contributed by atoms with Crippen molar-refractivity contribution in [3.8, 4) is 0 Å². The smallest absolute Gasteiger partial charge is 0.265 e. The highest BCUT2D eigenvalue weighted by molar-refractivity contribution is 6.36. The molecule has 1 aliphatic heterocycles. The number of para-hydroxylation sites is 2. The van der Waals surface area contributed by atoms with Gasteiger partial charge in [-0.15, -0.1) is 0 Å². The number of carbonyl (C=O) groups is 2. The van der Waals surface area contributed by atoms with Crippen molar-refractivity contribution in [1.29, 1.82) is 0 Å². The van der Waals surface area contributed by atoms with Crippen LogP contribution in [0.2, 0.25) is 0 Å². The van der Waals surface area contributed by atoms with Crippen molar-refractivity contribution >= 4 is 68.3 Å². The van der Waals surface area contributed by atoms with E-state index >= 15 is 0 Å². The normalized spacial score (nSPS) is 13.1. The van der Waals surface area contributed by atoms with E-state index in [1.165, 1.54) is 4.90 Å². The first-order chi connectivity index (χ1) is 24.3. The minimum atomic E-state index is -0.301. The average molecular weight is 649 g/mol. The summed E-state index contributed by atoms with van der Waals surface area (Å²) < 4.78 is 0. The summed E-state index contributed by atoms with van der Waals surface area (Å²) in [5, 5.41) is 3.88. The molecule has 0 aromatic heterocycles. The van der Waals surface area contributed by atoms with Crippen LogP contribution in [0, 0.1) is 0 Å². The molecular formula is C46H36N2O2. The predicted octanol–water partition coefficient (Wildman–Crippen LogP) is 11.7. The fourth-order valence-corrected chi connectivity index (χ4v) is 6.89. The number of hydrogen-bond acceptors (Lipinski definition) is 3. The van der Waals surface area contributed by atoms with Crippen molar-refractivity contribution in [2.24, 2.45) is 0 Å². The van der Waals surface area contributed by atoms with E-state index in [0.717, 1.165) is 49.9 Å². The number of imide groups is 1. The third-order valence-corrected chi connectivity index (χ3v) is 9.52. The SMILES string of the molecule is CC(C)(C)c1ccc(N2C(=O)c3cccc4c(/C=C/c5ccc6cc(N(c7ccccc7)c7ccccc7)ccc6c5)ccc(c34)C2=O)cc1. The summed E-state index contributed by atoms with van der Waals surface area (Å²) in [4.78, 5) is 31.2. The van der Waals surface area contributed by atoms with E-state index in [1.807, 2.05) is 66.7 Å². The van der Waals surface area contributed by atoms with Crippen LogP contribution in [0.5, 0.6) is 0 Å². The Hall–Kier alpha value is -6.26. The molecule has 8 rings (SSSR count). The van der Waals surface area contributed by atoms with Gasteiger partial charge in [0.25, 0.3) is 11.8 Å². The molecule has 7 aromatic carbocycles. The number of benzene rings is 7. The molecule has 0 bridgehead atoms. The molecule has 1 aliphatic rings. The van der Waals surface area contributed by atoms with Crippen LogP contribution in [0.15, 0.2) is 152 Å². The molecule has 0 saturated carbocycles. The van der Waals surface area contributed by atoms with Crippen molar-refractivity contribution in [3.63, 3.8) is 0 Å². The van der Waals surface area contributed by atoms with E-state index in [9.17, 15) is 9.59 Å². The number of amides is 2. The minimum absolute atomic E-state index is 0.0278. The average Bonchev–Trinajstić information content (AvgIpc) is 3.14. The Morgan fingerprint density at radius 1 is 0.540 bits per heavy atom. The monoisotopic (exact) mass is 648 g/mol. The highest BCUT2D eigenvalue weighted by Gasteiger charge is 2.34. The molecule has 4 nitrogen and oxygen atoms in total. The zero-order chi connectivity index (χ0) is 34.4. The van der Waals surface area contributed by atoms with Gasteiger partial charge in [0.05, 0.1) is 5.69 Å². The number of carbonyl (C=O) groups excluding carboxylic acids is 2. The number of nitrogens with zero attached hydrogens (tertiary/aromatic N) is 2. The van der Waals surface area contributed by atoms with E-state index in [2.05, 4.69) is 123 Å². The molecule has 0 N–H and O–H groups in total. The first kappa shape index (κ1) is 31.0. The quantitative estimate of drug-likeness (QED) is 0.133. The molecule has 0 radical (unpaired) electrons. The summed E-state index contributed by atoms with van der Waals surface area (Å²) in [6, 6.07) is 51.1. The molecular weight excluding hydrogens is 613 g/mol. The summed E-state index contributed by atoms with van der Waals surface area (Å²) in [6.07, 6.45) is 4.16. The molecule has 50 heavy (non-hydrogen) atoms. The molecule has 0 spiro atoms. The van der Waals surface area contributed by atoms with Gasteiger partial charge in [-0.05, 0) is 105 Å². The lowest BCUT2D eigenvalue weighted by Crippen LogP contribution is -2.40. The third-order valence-electron chi connectivity index (χ3n) is 9.52. The lowest BCUT2D eigenvalue weighted by Gasteiger charge is -2.28. The number of rotatable bonds is 6. The molecule has 0 atom stereocenters. The van der Waals surface area contributed by atoms with E-state index in [-0.39, 0.29) is 17.2 Å². The van der Waals surface area contributed by atoms with Gasteiger partial charge >= 0.3 is 0 Å². The maximum absolute atomic E-state index is 13.8. The summed E-state index contributed by atoms with van der Waals surface area (Å²) >= 11 is 0. The van der Waals surface area contributed by atoms with Gasteiger partial charge in [-0.2, -0.15) is 0 Å². The zero-order valence-electron chi connectivity index (χ0n) is 28.3. The highest BCUT2D eigenvalue weighted by Crippen LogP contribution is 2.38. The zero-order valence-corrected chi connectivity index (χ0v) is 28.3. The fraction of sp³-hybridized carbons (Fsp3) is 0.0870. The minimum Gasteiger partial charge on any atom is -0.310 e. The van der Waals surface area contributed by atoms with Gasteiger partial charge < -0.3 is 4.90 Å². The second kappa shape index (κ2) is 12.3. The van der Waals surface area contributed by atoms with Crippen molar-refractivity contribution < 1.29 is 9.59 Å². The summed E-state index contributed by atoms with van der Waals surface area (Å²) in [7, 11) is 0. The van der Waals surface area contributed by atoms with Crippen LogP contribution in [-0.4, -0.2) is 11.8 Å². The Bertz CT molecular complexity index is 2380. The molecule has 0 fully saturated rings. The van der Waals surface area contributed by atoms with E-state index in [1.54, 1.807) is 0 Å². The van der Waals surface area contributed by atoms with Crippen molar-refractivity contribution in [2.75, 3.05) is 9.80 Å². The second-order valence-electron chi connectivity index (χ2n) is 13.8. The lowest BCUT2D eigenvalue weighted by atomic mass is 9.87. The molecule has 0 unspecified atom stereocenters. The second-order valence-corrected chi connectivity index (χ2v) is 13.8. The Labute approximate surface area is 292 Å². The number of anilines is 4. The highest BCUT2D eigenvalue weighted by atomic mass is 16.2. The van der Waals surface area contributed by atoms with Gasteiger partial charge in [-0.1, -0.05) is 118 Å². The van der Waals surface area contributed by atoms with Crippen LogP contribution in [0.25, 0.3) is 33.7 Å². The molecule has 242 valence electrons. The van der Waals surface area contributed by atoms with Crippen LogP contribution >= 0.6 is 0 Å². The van der Waals surface area contributed by atoms with Crippen molar-refractivity contribution in [2.45, 2.75) is 26.2 Å². The standard InChI is InChI=1S/C46H36N2O2/c1-46(2,3)35-23-26-38(27-24-35)48-44(49)41-16-10-15-40-32(22-28-42(43(40)41)45(48)50)19-17-31-18-20-34-30-39(25-21-33(34)29-31)47(36-11-6-4-7-12-36)37-13-8-5-9-14-37/h4-30H,1-3H3/b19-17+. The van der Waals surface area contributed by atoms with Crippen molar-refractivity contribution in [1.82, 2.24) is 0 Å². The third kappa shape index (κ3) is 5.55. The van der Waals surface area contributed by atoms with Gasteiger partial charge in [-0.3, -0.25) is 9.59 Å². The molecule has 0 aliphatic carbocycles. The van der Waals surface area contributed by atoms with Crippen molar-refractivity contribution in [3.05, 3.63) is 179 Å². The van der Waals surface area contributed by atoms with Crippen LogP contribution < -0.4 is 9.80 Å². The van der Waals surface area contributed by atoms with Crippen LogP contribution in [0.1, 0.15) is 58.2 Å². The molecule has 7 aromatic rings. The first-order valence-corrected chi connectivity index (χ1v) is 16.9. The Kier molecular flexibility index (Phi) is 7.65. The maximum Gasteiger partial charge on any atom is 0.265 e. The van der Waals surface area contributed by atoms with Crippen LogP contribution in [0.4, 0.5) is 22.7 Å². The molecule has 1 heterocycles. The maximum atomic E-state index is 13.8. The van der Waals surface area contributed by atoms with E-state index in [4.69, 9.17) is 0 Å². The topological polar surface area (TPSA) is 40.6 Å². The summed E-state index contributed by atoms with van der Waals surface area (Å²) in [5.41, 5.74) is 8.07. The summed E-state index contributed by atoms with van der Waals surface area (Å²) in [5.74, 6) is -0.602. The predicted molar refractivity (Wildman–Crippen MR) is 208 cm³/mol. The number of fused-ring (bicyclic) bond motifs is 1. The van der Waals surface area contributed by atoms with Crippen LogP contribution in [-0.2, 0) is 5.41 Å². The summed E-state index contributed by atoms with van der Waals surface area (Å²) in [6.45, 7) is 6.43. The Balaban J connectivity index is 1.10. The van der Waals surface area contributed by atoms with Gasteiger partial charge in [0.1, 0.15) is 0 Å². The van der Waals surface area contributed by atoms with Gasteiger partial charge in [0.2, 0.25) is 0 Å².